The highest BCUT2D eigenvalue weighted by atomic mass is 19.4. The molecule has 11 heteroatoms. The molecule has 0 radical (unpaired) electrons. The smallest absolute Gasteiger partial charge is 0.488 e. The van der Waals surface area contributed by atoms with E-state index in [1.165, 1.54) is 0 Å². The summed E-state index contributed by atoms with van der Waals surface area (Å²) in [6, 6.07) is 14.5. The highest BCUT2D eigenvalue weighted by Gasteiger charge is 2.38. The summed E-state index contributed by atoms with van der Waals surface area (Å²) in [5, 5.41) is 10.5. The summed E-state index contributed by atoms with van der Waals surface area (Å²) >= 11 is 0. The van der Waals surface area contributed by atoms with Crippen molar-refractivity contribution in [2.24, 2.45) is 5.73 Å². The fourth-order valence-electron chi connectivity index (χ4n) is 3.05. The molecule has 3 rings (SSSR count). The van der Waals surface area contributed by atoms with Gasteiger partial charge >= 0.3 is 12.1 Å². The van der Waals surface area contributed by atoms with Crippen LogP contribution in [0.4, 0.5) is 13.2 Å². The van der Waals surface area contributed by atoms with Gasteiger partial charge in [-0.2, -0.15) is 13.2 Å². The van der Waals surface area contributed by atoms with Crippen LogP contribution < -0.4 is 15.8 Å². The second-order valence-corrected chi connectivity index (χ2v) is 7.26. The van der Waals surface area contributed by atoms with Crippen LogP contribution in [0.15, 0.2) is 48.5 Å². The number of benzene rings is 2. The van der Waals surface area contributed by atoms with Gasteiger partial charge in [-0.3, -0.25) is 9.59 Å². The monoisotopic (exact) mass is 467 g/mol. The number of alkyl halides is 3. The number of ether oxygens (including phenoxy) is 1. The van der Waals surface area contributed by atoms with E-state index in [9.17, 15) is 22.8 Å². The first kappa shape index (κ1) is 25.7. The molecular weight excluding hydrogens is 443 g/mol. The molecule has 1 fully saturated rings. The molecular formula is C22H24F3N3O5. The Morgan fingerprint density at radius 3 is 2.45 bits per heavy atom. The van der Waals surface area contributed by atoms with Crippen molar-refractivity contribution in [3.05, 3.63) is 65.2 Å². The van der Waals surface area contributed by atoms with Gasteiger partial charge in [-0.15, -0.1) is 0 Å². The third kappa shape index (κ3) is 7.79. The number of nitrogens with zero attached hydrogens (tertiary/aromatic N) is 1. The molecule has 1 unspecified atom stereocenters. The van der Waals surface area contributed by atoms with Gasteiger partial charge in [0.1, 0.15) is 12.4 Å². The molecule has 1 aliphatic rings. The molecule has 178 valence electrons. The van der Waals surface area contributed by atoms with Crippen LogP contribution in [0, 0.1) is 0 Å². The van der Waals surface area contributed by atoms with Gasteiger partial charge in [0.05, 0.1) is 5.56 Å². The summed E-state index contributed by atoms with van der Waals surface area (Å²) in [5.74, 6) is -2.82. The van der Waals surface area contributed by atoms with Crippen molar-refractivity contribution in [3.8, 4) is 5.75 Å². The summed E-state index contributed by atoms with van der Waals surface area (Å²) in [6.45, 7) is 4.53. The van der Waals surface area contributed by atoms with Crippen LogP contribution in [0.5, 0.6) is 5.75 Å². The lowest BCUT2D eigenvalue weighted by molar-refractivity contribution is -0.192. The van der Waals surface area contributed by atoms with Crippen molar-refractivity contribution in [2.75, 3.05) is 19.6 Å². The van der Waals surface area contributed by atoms with Crippen LogP contribution >= 0.6 is 0 Å². The van der Waals surface area contributed by atoms with E-state index in [1.54, 1.807) is 24.3 Å². The van der Waals surface area contributed by atoms with Crippen LogP contribution in [-0.4, -0.2) is 59.6 Å². The highest BCUT2D eigenvalue weighted by molar-refractivity contribution is 5.95. The maximum Gasteiger partial charge on any atom is 0.490 e. The van der Waals surface area contributed by atoms with Gasteiger partial charge in [0, 0.05) is 31.2 Å². The Hall–Kier alpha value is -3.60. The number of piperazine rings is 1. The number of carboxylic acid groups (broad SMARTS) is 1. The zero-order chi connectivity index (χ0) is 24.6. The average molecular weight is 467 g/mol. The number of carbonyl (C=O) groups excluding carboxylic acids is 2. The van der Waals surface area contributed by atoms with E-state index >= 15 is 0 Å². The third-order valence-corrected chi connectivity index (χ3v) is 4.62. The van der Waals surface area contributed by atoms with Crippen molar-refractivity contribution in [1.82, 2.24) is 10.2 Å². The number of carboxylic acids is 1. The lowest BCUT2D eigenvalue weighted by Gasteiger charge is -2.32. The van der Waals surface area contributed by atoms with Crippen LogP contribution in [-0.2, 0) is 11.4 Å². The van der Waals surface area contributed by atoms with E-state index in [2.05, 4.69) is 12.2 Å². The van der Waals surface area contributed by atoms with Gasteiger partial charge in [0.25, 0.3) is 11.8 Å². The minimum absolute atomic E-state index is 0.0257. The predicted molar refractivity (Wildman–Crippen MR) is 113 cm³/mol. The molecule has 1 aliphatic heterocycles. The van der Waals surface area contributed by atoms with Crippen molar-refractivity contribution in [3.63, 3.8) is 0 Å². The Bertz CT molecular complexity index is 997. The first-order valence-corrected chi connectivity index (χ1v) is 9.92. The molecule has 2 amide bonds. The topological polar surface area (TPSA) is 122 Å². The Labute approximate surface area is 188 Å². The van der Waals surface area contributed by atoms with E-state index in [0.717, 1.165) is 12.1 Å². The summed E-state index contributed by atoms with van der Waals surface area (Å²) in [5.41, 5.74) is 7.21. The highest BCUT2D eigenvalue weighted by Crippen LogP contribution is 2.19. The molecule has 4 N–H and O–H groups in total. The van der Waals surface area contributed by atoms with Crippen molar-refractivity contribution < 1.29 is 37.4 Å². The summed E-state index contributed by atoms with van der Waals surface area (Å²) < 4.78 is 37.5. The van der Waals surface area contributed by atoms with E-state index in [0.29, 0.717) is 36.0 Å². The van der Waals surface area contributed by atoms with Gasteiger partial charge in [0.2, 0.25) is 0 Å². The quantitative estimate of drug-likeness (QED) is 0.621. The molecule has 1 heterocycles. The number of primary amides is 1. The number of aliphatic carboxylic acids is 1. The van der Waals surface area contributed by atoms with Gasteiger partial charge in [-0.05, 0) is 36.8 Å². The standard InChI is InChI=1S/C20H23N3O3.C2HF3O2/c1-14-12-23(10-9-22-14)20(25)16-6-4-5-15(11-16)13-26-18-8-3-2-7-17(18)19(21)24;3-2(4,5)1(6)7/h2-8,11,14,22H,9-10,12-13H2,1H3,(H2,21,24);(H,6,7). The lowest BCUT2D eigenvalue weighted by atomic mass is 10.1. The lowest BCUT2D eigenvalue weighted by Crippen LogP contribution is -2.51. The van der Waals surface area contributed by atoms with E-state index in [4.69, 9.17) is 20.4 Å². The Morgan fingerprint density at radius 2 is 1.85 bits per heavy atom. The minimum atomic E-state index is -5.08. The van der Waals surface area contributed by atoms with Gasteiger partial charge in [-0.1, -0.05) is 24.3 Å². The number of rotatable bonds is 5. The molecule has 0 aromatic heterocycles. The second-order valence-electron chi connectivity index (χ2n) is 7.26. The van der Waals surface area contributed by atoms with E-state index in [1.807, 2.05) is 29.2 Å². The molecule has 0 aliphatic carbocycles. The fourth-order valence-corrected chi connectivity index (χ4v) is 3.05. The Morgan fingerprint density at radius 1 is 1.18 bits per heavy atom. The van der Waals surface area contributed by atoms with Crippen molar-refractivity contribution in [2.45, 2.75) is 25.7 Å². The molecule has 0 bridgehead atoms. The number of halogens is 3. The van der Waals surface area contributed by atoms with E-state index < -0.39 is 18.1 Å². The summed E-state index contributed by atoms with van der Waals surface area (Å²) in [6.07, 6.45) is -5.08. The largest absolute Gasteiger partial charge is 0.490 e. The SMILES string of the molecule is CC1CN(C(=O)c2cccc(COc3ccccc3C(N)=O)c2)CCN1.O=C(O)C(F)(F)F. The predicted octanol–water partition coefficient (Wildman–Crippen LogP) is 2.43. The number of hydrogen-bond donors (Lipinski definition) is 3. The molecule has 1 atom stereocenters. The van der Waals surface area contributed by atoms with Crippen LogP contribution in [0.25, 0.3) is 0 Å². The van der Waals surface area contributed by atoms with Crippen LogP contribution in [0.3, 0.4) is 0 Å². The van der Waals surface area contributed by atoms with Gasteiger partial charge in [0.15, 0.2) is 0 Å². The molecule has 8 nitrogen and oxygen atoms in total. The normalized spacial score (nSPS) is 15.8. The minimum Gasteiger partial charge on any atom is -0.488 e. The Kier molecular flexibility index (Phi) is 8.80. The molecule has 2 aromatic carbocycles. The molecule has 0 saturated carbocycles. The number of hydrogen-bond acceptors (Lipinski definition) is 5. The van der Waals surface area contributed by atoms with Gasteiger partial charge in [-0.25, -0.2) is 4.79 Å². The maximum atomic E-state index is 12.7. The third-order valence-electron chi connectivity index (χ3n) is 4.62. The number of para-hydroxylation sites is 1. The first-order valence-electron chi connectivity index (χ1n) is 9.92. The van der Waals surface area contributed by atoms with E-state index in [-0.39, 0.29) is 12.5 Å². The van der Waals surface area contributed by atoms with Crippen molar-refractivity contribution in [1.29, 1.82) is 0 Å². The van der Waals surface area contributed by atoms with Crippen LogP contribution in [0.1, 0.15) is 33.2 Å². The summed E-state index contributed by atoms with van der Waals surface area (Å²) in [4.78, 5) is 34.9. The first-order chi connectivity index (χ1) is 15.5. The second kappa shape index (κ2) is 11.3. The summed E-state index contributed by atoms with van der Waals surface area (Å²) in [7, 11) is 0. The number of nitrogens with two attached hydrogens (primary N) is 1. The Balaban J connectivity index is 0.000000479. The molecule has 33 heavy (non-hydrogen) atoms. The molecule has 0 spiro atoms. The fraction of sp³-hybridized carbons (Fsp3) is 0.318. The molecule has 2 aromatic rings. The zero-order valence-electron chi connectivity index (χ0n) is 17.8. The number of nitrogens with one attached hydrogen (secondary N) is 1. The van der Waals surface area contributed by atoms with Crippen LogP contribution in [0.2, 0.25) is 0 Å². The zero-order valence-corrected chi connectivity index (χ0v) is 17.8. The molecule has 1 saturated heterocycles. The van der Waals surface area contributed by atoms with Gasteiger partial charge < -0.3 is 25.8 Å². The number of amides is 2. The number of carbonyl (C=O) groups is 3. The maximum absolute atomic E-state index is 12.7. The van der Waals surface area contributed by atoms with Crippen molar-refractivity contribution >= 4 is 17.8 Å². The average Bonchev–Trinajstić information content (AvgIpc) is 2.77.